The van der Waals surface area contributed by atoms with Gasteiger partial charge in [-0.15, -0.1) is 0 Å². The van der Waals surface area contributed by atoms with Crippen LogP contribution in [0.5, 0.6) is 0 Å². The summed E-state index contributed by atoms with van der Waals surface area (Å²) in [6.45, 7) is 1.77. The minimum absolute atomic E-state index is 0.0233. The van der Waals surface area contributed by atoms with Crippen molar-refractivity contribution < 1.29 is 8.42 Å². The lowest BCUT2D eigenvalue weighted by Crippen LogP contribution is -2.48. The van der Waals surface area contributed by atoms with Gasteiger partial charge in [-0.05, 0) is 25.1 Å². The first kappa shape index (κ1) is 16.7. The molecule has 1 aromatic rings. The summed E-state index contributed by atoms with van der Waals surface area (Å²) in [7, 11) is -3.72. The summed E-state index contributed by atoms with van der Waals surface area (Å²) >= 11 is 18.2. The molecule has 0 heterocycles. The van der Waals surface area contributed by atoms with Crippen LogP contribution >= 0.6 is 55.1 Å². The fourth-order valence-corrected chi connectivity index (χ4v) is 4.90. The summed E-state index contributed by atoms with van der Waals surface area (Å²) in [5.41, 5.74) is -0.648. The van der Waals surface area contributed by atoms with Gasteiger partial charge in [0.05, 0.1) is 5.02 Å². The second-order valence-electron chi connectivity index (χ2n) is 4.01. The molecule has 0 unspecified atom stereocenters. The molecule has 0 aromatic heterocycles. The Labute approximate surface area is 134 Å². The minimum Gasteiger partial charge on any atom is -0.207 e. The maximum absolute atomic E-state index is 12.2. The zero-order chi connectivity index (χ0) is 14.0. The van der Waals surface area contributed by atoms with Crippen LogP contribution in [0.4, 0.5) is 0 Å². The number of alkyl halides is 2. The Morgan fingerprint density at radius 1 is 1.28 bits per heavy atom. The van der Waals surface area contributed by atoms with E-state index in [-0.39, 0.29) is 9.92 Å². The molecular weight excluding hydrogens is 429 g/mol. The molecule has 102 valence electrons. The van der Waals surface area contributed by atoms with Crippen LogP contribution in [0.15, 0.2) is 23.1 Å². The van der Waals surface area contributed by atoms with Crippen LogP contribution in [0.25, 0.3) is 0 Å². The van der Waals surface area contributed by atoms with Crippen molar-refractivity contribution in [3.8, 4) is 0 Å². The van der Waals surface area contributed by atoms with Gasteiger partial charge >= 0.3 is 0 Å². The van der Waals surface area contributed by atoms with Crippen LogP contribution in [-0.2, 0) is 10.0 Å². The van der Waals surface area contributed by atoms with Crippen molar-refractivity contribution in [2.75, 3.05) is 10.7 Å². The van der Waals surface area contributed by atoms with Gasteiger partial charge in [0.15, 0.2) is 0 Å². The van der Waals surface area contributed by atoms with E-state index in [1.807, 2.05) is 0 Å². The Bertz CT molecular complexity index is 533. The molecule has 0 fully saturated rings. The van der Waals surface area contributed by atoms with E-state index in [0.29, 0.717) is 15.7 Å². The molecule has 0 saturated carbocycles. The lowest BCUT2D eigenvalue weighted by atomic mass is 10.1. The van der Waals surface area contributed by atoms with E-state index in [2.05, 4.69) is 36.6 Å². The average Bonchev–Trinajstić information content (AvgIpc) is 2.31. The first-order valence-electron chi connectivity index (χ1n) is 4.85. The third kappa shape index (κ3) is 4.08. The molecule has 8 heteroatoms. The zero-order valence-corrected chi connectivity index (χ0v) is 14.9. The monoisotopic (exact) mass is 437 g/mol. The zero-order valence-electron chi connectivity index (χ0n) is 9.38. The fraction of sp³-hybridized carbons (Fsp3) is 0.400. The summed E-state index contributed by atoms with van der Waals surface area (Å²) in [5, 5.41) is 1.38. The van der Waals surface area contributed by atoms with Crippen molar-refractivity contribution in [3.05, 3.63) is 28.2 Å². The summed E-state index contributed by atoms with van der Waals surface area (Å²) < 4.78 is 27.1. The van der Waals surface area contributed by atoms with Gasteiger partial charge in [-0.2, -0.15) is 0 Å². The average molecular weight is 440 g/mol. The summed E-state index contributed by atoms with van der Waals surface area (Å²) in [5.74, 6) is 0. The van der Waals surface area contributed by atoms with E-state index < -0.39 is 15.6 Å². The third-order valence-electron chi connectivity index (χ3n) is 2.15. The molecule has 0 aliphatic rings. The highest BCUT2D eigenvalue weighted by atomic mass is 79.9. The molecule has 0 amide bonds. The summed E-state index contributed by atoms with van der Waals surface area (Å²) in [4.78, 5) is -0.0233. The van der Waals surface area contributed by atoms with Gasteiger partial charge in [0.25, 0.3) is 0 Å². The first-order valence-corrected chi connectivity index (χ1v) is 9.33. The Balaban J connectivity index is 3.18. The molecule has 0 aliphatic carbocycles. The van der Waals surface area contributed by atoms with Gasteiger partial charge in [0.2, 0.25) is 10.0 Å². The van der Waals surface area contributed by atoms with Gasteiger partial charge in [-0.3, -0.25) is 0 Å². The van der Waals surface area contributed by atoms with Gasteiger partial charge in [0, 0.05) is 21.2 Å². The highest BCUT2D eigenvalue weighted by Crippen LogP contribution is 2.26. The van der Waals surface area contributed by atoms with Crippen molar-refractivity contribution in [2.24, 2.45) is 0 Å². The molecule has 1 rings (SSSR count). The highest BCUT2D eigenvalue weighted by molar-refractivity contribution is 9.09. The van der Waals surface area contributed by atoms with E-state index in [9.17, 15) is 8.42 Å². The number of halogens is 4. The third-order valence-corrected chi connectivity index (χ3v) is 6.98. The molecule has 0 atom stereocenters. The fourth-order valence-electron chi connectivity index (χ4n) is 1.15. The van der Waals surface area contributed by atoms with Gasteiger partial charge in [0.1, 0.15) is 4.90 Å². The lowest BCUT2D eigenvalue weighted by molar-refractivity contribution is 0.509. The summed E-state index contributed by atoms with van der Waals surface area (Å²) in [6, 6.07) is 4.32. The molecule has 0 aliphatic heterocycles. The maximum atomic E-state index is 12.2. The number of hydrogen-bond donors (Lipinski definition) is 1. The van der Waals surface area contributed by atoms with Crippen molar-refractivity contribution in [2.45, 2.75) is 17.4 Å². The van der Waals surface area contributed by atoms with Gasteiger partial charge in [-0.1, -0.05) is 55.1 Å². The summed E-state index contributed by atoms with van der Waals surface area (Å²) in [6.07, 6.45) is 0. The smallest absolute Gasteiger partial charge is 0.207 e. The molecule has 1 N–H and O–H groups in total. The van der Waals surface area contributed by atoms with Crippen molar-refractivity contribution >= 4 is 65.1 Å². The van der Waals surface area contributed by atoms with Gasteiger partial charge < -0.3 is 0 Å². The maximum Gasteiger partial charge on any atom is 0.242 e. The SMILES string of the molecule is CC(CBr)(CBr)NS(=O)(=O)c1cc(Cl)ccc1Cl. The number of benzene rings is 1. The van der Waals surface area contributed by atoms with Crippen molar-refractivity contribution in [1.29, 1.82) is 0 Å². The second kappa shape index (κ2) is 6.41. The van der Waals surface area contributed by atoms with Crippen LogP contribution in [0.2, 0.25) is 10.0 Å². The Kier molecular flexibility index (Phi) is 5.96. The normalized spacial score (nSPS) is 12.7. The number of hydrogen-bond acceptors (Lipinski definition) is 2. The molecule has 1 aromatic carbocycles. The minimum atomic E-state index is -3.72. The van der Waals surface area contributed by atoms with E-state index in [0.717, 1.165) is 0 Å². The number of nitrogens with one attached hydrogen (secondary N) is 1. The van der Waals surface area contributed by atoms with Crippen LogP contribution in [0, 0.1) is 0 Å². The Morgan fingerprint density at radius 2 is 1.83 bits per heavy atom. The van der Waals surface area contributed by atoms with E-state index >= 15 is 0 Å². The van der Waals surface area contributed by atoms with Crippen LogP contribution in [0.1, 0.15) is 6.92 Å². The predicted molar refractivity (Wildman–Crippen MR) is 82.8 cm³/mol. The predicted octanol–water partition coefficient (Wildman–Crippen LogP) is 3.82. The topological polar surface area (TPSA) is 46.2 Å². The van der Waals surface area contributed by atoms with Crippen LogP contribution in [0.3, 0.4) is 0 Å². The number of rotatable bonds is 5. The number of sulfonamides is 1. The van der Waals surface area contributed by atoms with E-state index in [4.69, 9.17) is 23.2 Å². The molecule has 0 bridgehead atoms. The molecule has 18 heavy (non-hydrogen) atoms. The second-order valence-corrected chi connectivity index (χ2v) is 7.62. The molecule has 0 radical (unpaired) electrons. The van der Waals surface area contributed by atoms with Crippen LogP contribution in [-0.4, -0.2) is 24.6 Å². The van der Waals surface area contributed by atoms with E-state index in [1.54, 1.807) is 6.92 Å². The molecular formula is C10H11Br2Cl2NO2S. The highest BCUT2D eigenvalue weighted by Gasteiger charge is 2.30. The van der Waals surface area contributed by atoms with Crippen LogP contribution < -0.4 is 4.72 Å². The Hall–Kier alpha value is 0.670. The van der Waals surface area contributed by atoms with Gasteiger partial charge in [-0.25, -0.2) is 13.1 Å². The van der Waals surface area contributed by atoms with E-state index in [1.165, 1.54) is 18.2 Å². The first-order chi connectivity index (χ1) is 8.24. The largest absolute Gasteiger partial charge is 0.242 e. The lowest BCUT2D eigenvalue weighted by Gasteiger charge is -2.26. The van der Waals surface area contributed by atoms with Crippen molar-refractivity contribution in [1.82, 2.24) is 4.72 Å². The molecule has 0 spiro atoms. The molecule has 3 nitrogen and oxygen atoms in total. The van der Waals surface area contributed by atoms with Crippen molar-refractivity contribution in [3.63, 3.8) is 0 Å². The standard InChI is InChI=1S/C10H11Br2Cl2NO2S/c1-10(5-11,6-12)15-18(16,17)9-4-7(13)2-3-8(9)14/h2-4,15H,5-6H2,1H3. The Morgan fingerprint density at radius 3 is 2.33 bits per heavy atom. The molecule has 0 saturated heterocycles. The quantitative estimate of drug-likeness (QED) is 0.709.